The summed E-state index contributed by atoms with van der Waals surface area (Å²) < 4.78 is 9.86. The summed E-state index contributed by atoms with van der Waals surface area (Å²) in [5.41, 5.74) is 1.08. The highest BCUT2D eigenvalue weighted by atomic mass is 35.5. The number of amides is 1. The van der Waals surface area contributed by atoms with Crippen molar-refractivity contribution in [2.24, 2.45) is 0 Å². The smallest absolute Gasteiger partial charge is 0.337 e. The van der Waals surface area contributed by atoms with Crippen molar-refractivity contribution in [3.63, 3.8) is 0 Å². The van der Waals surface area contributed by atoms with Gasteiger partial charge in [-0.15, -0.1) is 0 Å². The quantitative estimate of drug-likeness (QED) is 0.469. The first-order valence-electron chi connectivity index (χ1n) is 7.37. The third-order valence-corrected chi connectivity index (χ3v) is 3.64. The number of nitro groups is 1. The number of rotatable bonds is 6. The van der Waals surface area contributed by atoms with Gasteiger partial charge in [0.1, 0.15) is 0 Å². The lowest BCUT2D eigenvalue weighted by Gasteiger charge is -2.11. The van der Waals surface area contributed by atoms with Crippen LogP contribution in [0.4, 0.5) is 11.4 Å². The number of hydrogen-bond donors (Lipinski definition) is 1. The fourth-order valence-electron chi connectivity index (χ4n) is 2.09. The van der Waals surface area contributed by atoms with Crippen molar-refractivity contribution in [2.75, 3.05) is 19.0 Å². The number of nitrogens with one attached hydrogen (secondary N) is 1. The lowest BCUT2D eigenvalue weighted by molar-refractivity contribution is -0.385. The van der Waals surface area contributed by atoms with Crippen LogP contribution in [0.2, 0.25) is 5.02 Å². The number of carbonyl (C=O) groups excluding carboxylic acids is 2. The number of benzene rings is 2. The van der Waals surface area contributed by atoms with Gasteiger partial charge in [-0.25, -0.2) is 4.79 Å². The van der Waals surface area contributed by atoms with Gasteiger partial charge in [-0.2, -0.15) is 0 Å². The van der Waals surface area contributed by atoms with E-state index < -0.39 is 23.4 Å². The number of halogens is 1. The van der Waals surface area contributed by atoms with Crippen molar-refractivity contribution in [1.29, 1.82) is 0 Å². The molecule has 0 radical (unpaired) electrons. The second-order valence-electron chi connectivity index (χ2n) is 5.23. The van der Waals surface area contributed by atoms with E-state index in [1.165, 1.54) is 25.3 Å². The highest BCUT2D eigenvalue weighted by molar-refractivity contribution is 6.30. The second kappa shape index (κ2) is 8.30. The molecule has 0 aliphatic rings. The molecule has 0 saturated carbocycles. The molecule has 9 heteroatoms. The zero-order chi connectivity index (χ0) is 19.3. The monoisotopic (exact) mass is 378 g/mol. The molecule has 0 unspecified atom stereocenters. The van der Waals surface area contributed by atoms with Crippen LogP contribution in [0.1, 0.15) is 15.9 Å². The van der Waals surface area contributed by atoms with Gasteiger partial charge >= 0.3 is 11.7 Å². The third-order valence-electron chi connectivity index (χ3n) is 3.41. The molecule has 0 fully saturated rings. The SMILES string of the molecule is COC(=O)c1ccc(C)c(NC(=O)COc2ccc(Cl)cc2[N+](=O)[O-])c1. The minimum atomic E-state index is -0.650. The average Bonchev–Trinajstić information content (AvgIpc) is 2.61. The molecule has 0 saturated heterocycles. The zero-order valence-corrected chi connectivity index (χ0v) is 14.7. The average molecular weight is 379 g/mol. The van der Waals surface area contributed by atoms with Crippen molar-refractivity contribution >= 4 is 34.9 Å². The maximum atomic E-state index is 12.1. The molecule has 0 aromatic heterocycles. The van der Waals surface area contributed by atoms with Gasteiger partial charge in [0.05, 0.1) is 17.6 Å². The van der Waals surface area contributed by atoms with Crippen LogP contribution >= 0.6 is 11.6 Å². The summed E-state index contributed by atoms with van der Waals surface area (Å²) in [6.45, 7) is 1.30. The van der Waals surface area contributed by atoms with E-state index in [2.05, 4.69) is 10.1 Å². The predicted octanol–water partition coefficient (Wildman–Crippen LogP) is 3.36. The van der Waals surface area contributed by atoms with Crippen LogP contribution in [0.15, 0.2) is 36.4 Å². The maximum Gasteiger partial charge on any atom is 0.337 e. The molecule has 136 valence electrons. The molecule has 0 bridgehead atoms. The summed E-state index contributed by atoms with van der Waals surface area (Å²) in [7, 11) is 1.26. The Bertz CT molecular complexity index is 868. The van der Waals surface area contributed by atoms with Gasteiger partial charge in [-0.05, 0) is 36.8 Å². The number of anilines is 1. The molecule has 0 heterocycles. The standard InChI is InChI=1S/C17H15ClN2O6/c1-10-3-4-11(17(22)25-2)7-13(10)19-16(21)9-26-15-6-5-12(18)8-14(15)20(23)24/h3-8H,9H2,1-2H3,(H,19,21). The van der Waals surface area contributed by atoms with Gasteiger partial charge in [0.25, 0.3) is 5.91 Å². The molecule has 0 aliphatic heterocycles. The van der Waals surface area contributed by atoms with Crippen LogP contribution in [0.25, 0.3) is 0 Å². The van der Waals surface area contributed by atoms with Crippen LogP contribution in [-0.4, -0.2) is 30.5 Å². The fourth-order valence-corrected chi connectivity index (χ4v) is 2.25. The Balaban J connectivity index is 2.08. The Hall–Kier alpha value is -3.13. The lowest BCUT2D eigenvalue weighted by atomic mass is 10.1. The van der Waals surface area contributed by atoms with Gasteiger partial charge in [0.15, 0.2) is 12.4 Å². The summed E-state index contributed by atoms with van der Waals surface area (Å²) in [6, 6.07) is 8.59. The molecule has 0 spiro atoms. The summed E-state index contributed by atoms with van der Waals surface area (Å²) in [5.74, 6) is -1.15. The number of hydrogen-bond acceptors (Lipinski definition) is 6. The molecular weight excluding hydrogens is 364 g/mol. The number of nitrogens with zero attached hydrogens (tertiary/aromatic N) is 1. The second-order valence-corrected chi connectivity index (χ2v) is 5.66. The fraction of sp³-hybridized carbons (Fsp3) is 0.176. The maximum absolute atomic E-state index is 12.1. The Labute approximate surface area is 153 Å². The Morgan fingerprint density at radius 2 is 1.96 bits per heavy atom. The van der Waals surface area contributed by atoms with Gasteiger partial charge in [-0.1, -0.05) is 17.7 Å². The minimum absolute atomic E-state index is 0.0745. The van der Waals surface area contributed by atoms with Gasteiger partial charge in [0.2, 0.25) is 0 Å². The topological polar surface area (TPSA) is 108 Å². The Morgan fingerprint density at radius 3 is 2.62 bits per heavy atom. The first-order valence-corrected chi connectivity index (χ1v) is 7.75. The first-order chi connectivity index (χ1) is 12.3. The van der Waals surface area contributed by atoms with Crippen LogP contribution in [0.5, 0.6) is 5.75 Å². The van der Waals surface area contributed by atoms with Crippen LogP contribution in [-0.2, 0) is 9.53 Å². The number of aryl methyl sites for hydroxylation is 1. The number of esters is 1. The van der Waals surface area contributed by atoms with Crippen LogP contribution in [0, 0.1) is 17.0 Å². The van der Waals surface area contributed by atoms with Crippen molar-refractivity contribution in [2.45, 2.75) is 6.92 Å². The van der Waals surface area contributed by atoms with E-state index in [4.69, 9.17) is 16.3 Å². The molecule has 2 aromatic rings. The van der Waals surface area contributed by atoms with E-state index in [1.807, 2.05) is 0 Å². The van der Waals surface area contributed by atoms with Crippen molar-refractivity contribution in [1.82, 2.24) is 0 Å². The highest BCUT2D eigenvalue weighted by Gasteiger charge is 2.17. The van der Waals surface area contributed by atoms with Gasteiger partial charge in [-0.3, -0.25) is 14.9 Å². The summed E-state index contributed by atoms with van der Waals surface area (Å²) >= 11 is 5.72. The van der Waals surface area contributed by atoms with Crippen molar-refractivity contribution in [3.05, 3.63) is 62.7 Å². The van der Waals surface area contributed by atoms with E-state index in [0.29, 0.717) is 5.69 Å². The summed E-state index contributed by atoms with van der Waals surface area (Å²) in [6.07, 6.45) is 0. The predicted molar refractivity (Wildman–Crippen MR) is 94.7 cm³/mol. The molecule has 26 heavy (non-hydrogen) atoms. The van der Waals surface area contributed by atoms with E-state index in [-0.39, 0.29) is 22.0 Å². The Kier molecular flexibility index (Phi) is 6.13. The van der Waals surface area contributed by atoms with Crippen molar-refractivity contribution in [3.8, 4) is 5.75 Å². The highest BCUT2D eigenvalue weighted by Crippen LogP contribution is 2.29. The molecule has 8 nitrogen and oxygen atoms in total. The first kappa shape index (κ1) is 19.2. The number of methoxy groups -OCH3 is 1. The van der Waals surface area contributed by atoms with Gasteiger partial charge < -0.3 is 14.8 Å². The van der Waals surface area contributed by atoms with Crippen LogP contribution < -0.4 is 10.1 Å². The Morgan fingerprint density at radius 1 is 1.23 bits per heavy atom. The molecule has 2 rings (SSSR count). The molecule has 0 atom stereocenters. The van der Waals surface area contributed by atoms with E-state index in [1.54, 1.807) is 19.1 Å². The largest absolute Gasteiger partial charge is 0.477 e. The minimum Gasteiger partial charge on any atom is -0.477 e. The molecule has 2 aromatic carbocycles. The molecule has 1 N–H and O–H groups in total. The van der Waals surface area contributed by atoms with Crippen LogP contribution in [0.3, 0.4) is 0 Å². The zero-order valence-electron chi connectivity index (χ0n) is 13.9. The van der Waals surface area contributed by atoms with E-state index in [9.17, 15) is 19.7 Å². The lowest BCUT2D eigenvalue weighted by Crippen LogP contribution is -2.21. The number of ether oxygens (including phenoxy) is 2. The van der Waals surface area contributed by atoms with Gasteiger partial charge in [0, 0.05) is 16.8 Å². The number of nitro benzene ring substituents is 1. The van der Waals surface area contributed by atoms with E-state index in [0.717, 1.165) is 11.6 Å². The van der Waals surface area contributed by atoms with Crippen molar-refractivity contribution < 1.29 is 24.0 Å². The van der Waals surface area contributed by atoms with E-state index >= 15 is 0 Å². The third kappa shape index (κ3) is 4.70. The normalized spacial score (nSPS) is 10.1. The molecule has 0 aliphatic carbocycles. The molecular formula is C17H15ClN2O6. The summed E-state index contributed by atoms with van der Waals surface area (Å²) in [4.78, 5) is 34.0. The molecule has 1 amide bonds. The number of carbonyl (C=O) groups is 2. The summed E-state index contributed by atoms with van der Waals surface area (Å²) in [5, 5.41) is 13.8.